The van der Waals surface area contributed by atoms with Crippen molar-refractivity contribution in [2.45, 2.75) is 0 Å². The van der Waals surface area contributed by atoms with E-state index in [0.29, 0.717) is 17.1 Å². The highest BCUT2D eigenvalue weighted by Crippen LogP contribution is 2.25. The third kappa shape index (κ3) is 3.79. The van der Waals surface area contributed by atoms with Gasteiger partial charge in [-0.15, -0.1) is 0 Å². The molecule has 0 fully saturated rings. The number of carbonyl (C=O) groups is 1. The summed E-state index contributed by atoms with van der Waals surface area (Å²) in [6, 6.07) is 9.07. The molecule has 10 heteroatoms. The lowest BCUT2D eigenvalue weighted by atomic mass is 10.1. The minimum absolute atomic E-state index is 0.0343. The van der Waals surface area contributed by atoms with Crippen molar-refractivity contribution in [3.8, 4) is 11.3 Å². The lowest BCUT2D eigenvalue weighted by Crippen LogP contribution is -2.00. The summed E-state index contributed by atoms with van der Waals surface area (Å²) in [5.74, 6) is 0.173. The van der Waals surface area contributed by atoms with E-state index in [1.165, 1.54) is 29.9 Å². The van der Waals surface area contributed by atoms with Crippen molar-refractivity contribution in [3.63, 3.8) is 0 Å². The Morgan fingerprint density at radius 2 is 1.81 bits per heavy atom. The van der Waals surface area contributed by atoms with Gasteiger partial charge in [-0.3, -0.25) is 29.7 Å². The van der Waals surface area contributed by atoms with Crippen molar-refractivity contribution in [2.75, 3.05) is 0 Å². The topological polar surface area (TPSA) is 134 Å². The molecule has 0 aliphatic heterocycles. The molecule has 27 heavy (non-hydrogen) atoms. The largest absolute Gasteiger partial charge is 0.457 e. The quantitative estimate of drug-likeness (QED) is 0.282. The van der Waals surface area contributed by atoms with Gasteiger partial charge >= 0.3 is 5.69 Å². The van der Waals surface area contributed by atoms with Crippen LogP contribution in [0.15, 0.2) is 53.1 Å². The molecule has 0 saturated carbocycles. The number of carbonyl (C=O) groups excluding carboxylic acids is 1. The van der Waals surface area contributed by atoms with Crippen LogP contribution in [0.4, 0.5) is 11.4 Å². The van der Waals surface area contributed by atoms with Crippen LogP contribution in [0.25, 0.3) is 17.4 Å². The number of rotatable bonds is 6. The van der Waals surface area contributed by atoms with Crippen LogP contribution in [0, 0.1) is 20.2 Å². The molecule has 0 spiro atoms. The average Bonchev–Trinajstić information content (AvgIpc) is 3.26. The maximum Gasteiger partial charge on any atom is 0.318 e. The number of nitrogens with zero attached hydrogens (tertiary/aromatic N) is 4. The van der Waals surface area contributed by atoms with Gasteiger partial charge in [0.15, 0.2) is 0 Å². The van der Waals surface area contributed by atoms with Crippen LogP contribution < -0.4 is 0 Å². The van der Waals surface area contributed by atoms with Crippen LogP contribution >= 0.6 is 0 Å². The van der Waals surface area contributed by atoms with Crippen LogP contribution in [0.2, 0.25) is 0 Å². The first-order valence-corrected chi connectivity index (χ1v) is 7.60. The van der Waals surface area contributed by atoms with Crippen LogP contribution in [0.3, 0.4) is 0 Å². The molecule has 0 aliphatic rings. The molecule has 0 saturated heterocycles. The lowest BCUT2D eigenvalue weighted by Gasteiger charge is -1.96. The monoisotopic (exact) mass is 368 g/mol. The molecular formula is C17H12N4O6. The fourth-order valence-electron chi connectivity index (χ4n) is 2.37. The second kappa shape index (κ2) is 7.04. The maximum atomic E-state index is 12.2. The summed E-state index contributed by atoms with van der Waals surface area (Å²) in [7, 11) is 1.48. The molecule has 0 amide bonds. The Bertz CT molecular complexity index is 1060. The average molecular weight is 368 g/mol. The predicted molar refractivity (Wildman–Crippen MR) is 94.0 cm³/mol. The molecular weight excluding hydrogens is 356 g/mol. The Labute approximate surface area is 151 Å². The summed E-state index contributed by atoms with van der Waals surface area (Å²) in [6.45, 7) is 0. The maximum absolute atomic E-state index is 12.2. The van der Waals surface area contributed by atoms with Gasteiger partial charge in [0.25, 0.3) is 5.69 Å². The molecule has 0 bridgehead atoms. The van der Waals surface area contributed by atoms with Gasteiger partial charge in [-0.2, -0.15) is 5.10 Å². The normalized spacial score (nSPS) is 11.0. The SMILES string of the molecule is Cn1cc([N+](=O)[O-])c(C(=O)/C=C/c2ccc(-c3ccc([N+](=O)[O-])cc3)o2)n1. The van der Waals surface area contributed by atoms with Crippen LogP contribution in [-0.4, -0.2) is 25.4 Å². The molecule has 2 heterocycles. The Morgan fingerprint density at radius 3 is 2.44 bits per heavy atom. The number of nitro benzene ring substituents is 1. The van der Waals surface area contributed by atoms with E-state index in [1.807, 2.05) is 0 Å². The molecule has 0 N–H and O–H groups in total. The van der Waals surface area contributed by atoms with Crippen LogP contribution in [0.1, 0.15) is 16.2 Å². The minimum Gasteiger partial charge on any atom is -0.457 e. The van der Waals surface area contributed by atoms with E-state index >= 15 is 0 Å². The van der Waals surface area contributed by atoms with Gasteiger partial charge in [-0.25, -0.2) is 0 Å². The highest BCUT2D eigenvalue weighted by Gasteiger charge is 2.23. The molecule has 3 rings (SSSR count). The molecule has 0 atom stereocenters. The summed E-state index contributed by atoms with van der Waals surface area (Å²) < 4.78 is 6.76. The van der Waals surface area contributed by atoms with Crippen molar-refractivity contribution in [3.05, 3.63) is 80.4 Å². The number of ketones is 1. The number of nitro groups is 2. The van der Waals surface area contributed by atoms with Crippen LogP contribution in [0.5, 0.6) is 0 Å². The summed E-state index contributed by atoms with van der Waals surface area (Å²) >= 11 is 0. The Kier molecular flexibility index (Phi) is 4.62. The van der Waals surface area contributed by atoms with Gasteiger partial charge in [-0.05, 0) is 36.4 Å². The van der Waals surface area contributed by atoms with Crippen molar-refractivity contribution in [1.29, 1.82) is 0 Å². The van der Waals surface area contributed by atoms with Gasteiger partial charge < -0.3 is 4.42 Å². The van der Waals surface area contributed by atoms with E-state index in [1.54, 1.807) is 24.3 Å². The second-order valence-corrected chi connectivity index (χ2v) is 5.50. The van der Waals surface area contributed by atoms with E-state index in [2.05, 4.69) is 5.10 Å². The predicted octanol–water partition coefficient (Wildman–Crippen LogP) is 3.39. The second-order valence-electron chi connectivity index (χ2n) is 5.50. The number of benzene rings is 1. The fourth-order valence-corrected chi connectivity index (χ4v) is 2.37. The van der Waals surface area contributed by atoms with Gasteiger partial charge in [0, 0.05) is 24.7 Å². The van der Waals surface area contributed by atoms with E-state index < -0.39 is 15.6 Å². The number of hydrogen-bond acceptors (Lipinski definition) is 7. The third-order valence-electron chi connectivity index (χ3n) is 3.63. The Morgan fingerprint density at radius 1 is 1.11 bits per heavy atom. The van der Waals surface area contributed by atoms with E-state index in [-0.39, 0.29) is 17.1 Å². The molecule has 136 valence electrons. The van der Waals surface area contributed by atoms with Gasteiger partial charge in [0.1, 0.15) is 17.7 Å². The van der Waals surface area contributed by atoms with Crippen molar-refractivity contribution >= 4 is 23.2 Å². The number of furan rings is 1. The van der Waals surface area contributed by atoms with Gasteiger partial charge in [-0.1, -0.05) is 0 Å². The molecule has 0 unspecified atom stereocenters. The number of hydrogen-bond donors (Lipinski definition) is 0. The zero-order valence-corrected chi connectivity index (χ0v) is 13.9. The first kappa shape index (κ1) is 17.7. The number of non-ortho nitro benzene ring substituents is 1. The molecule has 0 aliphatic carbocycles. The molecule has 10 nitrogen and oxygen atoms in total. The van der Waals surface area contributed by atoms with Gasteiger partial charge in [0.2, 0.25) is 11.5 Å². The van der Waals surface area contributed by atoms with Gasteiger partial charge in [0.05, 0.1) is 9.85 Å². The zero-order chi connectivity index (χ0) is 19.6. The van der Waals surface area contributed by atoms with E-state index in [9.17, 15) is 25.0 Å². The molecule has 2 aromatic heterocycles. The summed E-state index contributed by atoms with van der Waals surface area (Å²) in [4.78, 5) is 32.6. The molecule has 3 aromatic rings. The standard InChI is InChI=1S/C17H12N4O6/c1-19-10-14(21(25)26)17(18-19)15(22)8-6-13-7-9-16(27-13)11-2-4-12(5-3-11)20(23)24/h2-10H,1H3/b8-6+. The highest BCUT2D eigenvalue weighted by molar-refractivity contribution is 6.07. The first-order chi connectivity index (χ1) is 12.8. The fraction of sp³-hybridized carbons (Fsp3) is 0.0588. The number of aryl methyl sites for hydroxylation is 1. The minimum atomic E-state index is -0.673. The van der Waals surface area contributed by atoms with E-state index in [4.69, 9.17) is 4.42 Å². The van der Waals surface area contributed by atoms with Crippen molar-refractivity contribution < 1.29 is 19.1 Å². The Balaban J connectivity index is 1.78. The molecule has 0 radical (unpaired) electrons. The van der Waals surface area contributed by atoms with Crippen LogP contribution in [-0.2, 0) is 7.05 Å². The van der Waals surface area contributed by atoms with Crippen molar-refractivity contribution in [2.24, 2.45) is 7.05 Å². The highest BCUT2D eigenvalue weighted by atomic mass is 16.6. The lowest BCUT2D eigenvalue weighted by molar-refractivity contribution is -0.385. The third-order valence-corrected chi connectivity index (χ3v) is 3.63. The molecule has 1 aromatic carbocycles. The first-order valence-electron chi connectivity index (χ1n) is 7.60. The number of aromatic nitrogens is 2. The zero-order valence-electron chi connectivity index (χ0n) is 13.9. The van der Waals surface area contributed by atoms with E-state index in [0.717, 1.165) is 12.3 Å². The number of allylic oxidation sites excluding steroid dienone is 1. The summed E-state index contributed by atoms with van der Waals surface area (Å²) in [5.41, 5.74) is -0.0426. The summed E-state index contributed by atoms with van der Waals surface area (Å²) in [5, 5.41) is 25.4. The Hall–Kier alpha value is -4.08. The smallest absolute Gasteiger partial charge is 0.318 e. The summed E-state index contributed by atoms with van der Waals surface area (Å²) in [6.07, 6.45) is 3.66. The van der Waals surface area contributed by atoms with Crippen molar-refractivity contribution in [1.82, 2.24) is 9.78 Å².